The van der Waals surface area contributed by atoms with Crippen molar-refractivity contribution in [2.24, 2.45) is 5.92 Å². The molecule has 0 amide bonds. The van der Waals surface area contributed by atoms with Crippen LogP contribution in [0.2, 0.25) is 0 Å². The van der Waals surface area contributed by atoms with Crippen molar-refractivity contribution >= 4 is 0 Å². The number of allylic oxidation sites excluding steroid dienone is 1. The molecule has 0 aromatic carbocycles. The van der Waals surface area contributed by atoms with Gasteiger partial charge in [-0.2, -0.15) is 0 Å². The molecule has 0 bridgehead atoms. The highest BCUT2D eigenvalue weighted by Gasteiger charge is 1.97. The topological polar surface area (TPSA) is 35.1 Å². The third-order valence-corrected chi connectivity index (χ3v) is 2.19. The van der Waals surface area contributed by atoms with E-state index in [0.717, 1.165) is 19.3 Å². The summed E-state index contributed by atoms with van der Waals surface area (Å²) < 4.78 is 0. The van der Waals surface area contributed by atoms with Crippen molar-refractivity contribution in [3.05, 3.63) is 12.0 Å². The highest BCUT2D eigenvalue weighted by molar-refractivity contribution is 4.91. The predicted octanol–water partition coefficient (Wildman–Crippen LogP) is 2.01. The molecule has 0 aromatic heterocycles. The molecular formula is C11H22NO-. The second-order valence-electron chi connectivity index (χ2n) is 3.75. The molecule has 0 aromatic rings. The Morgan fingerprint density at radius 2 is 2.00 bits per heavy atom. The van der Waals surface area contributed by atoms with Crippen LogP contribution in [0.4, 0.5) is 0 Å². The molecule has 0 fully saturated rings. The van der Waals surface area contributed by atoms with Crippen LogP contribution in [-0.4, -0.2) is 6.04 Å². The lowest BCUT2D eigenvalue weighted by Crippen LogP contribution is -2.31. The number of hydrogen-bond donors (Lipinski definition) is 1. The standard InChI is InChI=1S/C11H23NO/c1-5-7-10(4)12-11(13)8-9(3)6-2/h8-10,12-13H,5-7H2,1-4H3/p-1. The summed E-state index contributed by atoms with van der Waals surface area (Å²) in [7, 11) is 0. The molecule has 0 radical (unpaired) electrons. The largest absolute Gasteiger partial charge is 0.861 e. The van der Waals surface area contributed by atoms with Crippen molar-refractivity contribution in [3.8, 4) is 0 Å². The minimum absolute atomic E-state index is 0.0790. The molecule has 13 heavy (non-hydrogen) atoms. The first-order chi connectivity index (χ1) is 6.10. The predicted molar refractivity (Wildman–Crippen MR) is 55.0 cm³/mol. The summed E-state index contributed by atoms with van der Waals surface area (Å²) in [6, 6.07) is 0.304. The van der Waals surface area contributed by atoms with Crippen LogP contribution in [0.25, 0.3) is 0 Å². The van der Waals surface area contributed by atoms with Gasteiger partial charge in [0.2, 0.25) is 0 Å². The molecule has 2 heteroatoms. The van der Waals surface area contributed by atoms with Crippen LogP contribution >= 0.6 is 0 Å². The Morgan fingerprint density at radius 1 is 1.38 bits per heavy atom. The monoisotopic (exact) mass is 184 g/mol. The maximum absolute atomic E-state index is 11.3. The Hall–Kier alpha value is -0.660. The second-order valence-corrected chi connectivity index (χ2v) is 3.75. The van der Waals surface area contributed by atoms with Gasteiger partial charge in [0.05, 0.1) is 0 Å². The van der Waals surface area contributed by atoms with Crippen LogP contribution < -0.4 is 10.4 Å². The minimum atomic E-state index is 0.0790. The molecule has 0 saturated carbocycles. The zero-order valence-electron chi connectivity index (χ0n) is 9.26. The Labute approximate surface area is 82.0 Å². The molecule has 78 valence electrons. The summed E-state index contributed by atoms with van der Waals surface area (Å²) in [5.74, 6) is 0.462. The van der Waals surface area contributed by atoms with E-state index in [4.69, 9.17) is 0 Å². The third-order valence-electron chi connectivity index (χ3n) is 2.19. The molecule has 2 atom stereocenters. The van der Waals surface area contributed by atoms with Crippen LogP contribution in [0.15, 0.2) is 12.0 Å². The third kappa shape index (κ3) is 6.50. The van der Waals surface area contributed by atoms with Gasteiger partial charge in [-0.3, -0.25) is 0 Å². The highest BCUT2D eigenvalue weighted by Crippen LogP contribution is 2.03. The molecule has 0 spiro atoms. The SMILES string of the molecule is CCCC(C)NC([O-])=CC(C)CC. The lowest BCUT2D eigenvalue weighted by atomic mass is 10.1. The van der Waals surface area contributed by atoms with E-state index in [-0.39, 0.29) is 5.88 Å². The van der Waals surface area contributed by atoms with Crippen LogP contribution in [0, 0.1) is 5.92 Å². The van der Waals surface area contributed by atoms with Crippen molar-refractivity contribution < 1.29 is 5.11 Å². The second kappa shape index (κ2) is 6.81. The molecule has 0 aliphatic rings. The van der Waals surface area contributed by atoms with Crippen LogP contribution in [0.5, 0.6) is 0 Å². The van der Waals surface area contributed by atoms with Gasteiger partial charge >= 0.3 is 0 Å². The van der Waals surface area contributed by atoms with Crippen LogP contribution in [-0.2, 0) is 0 Å². The van der Waals surface area contributed by atoms with Gasteiger partial charge in [-0.05, 0) is 25.1 Å². The van der Waals surface area contributed by atoms with Crippen LogP contribution in [0.3, 0.4) is 0 Å². The minimum Gasteiger partial charge on any atom is -0.861 e. The molecule has 1 N–H and O–H groups in total. The zero-order valence-corrected chi connectivity index (χ0v) is 9.26. The van der Waals surface area contributed by atoms with E-state index >= 15 is 0 Å². The lowest BCUT2D eigenvalue weighted by Gasteiger charge is -2.22. The van der Waals surface area contributed by atoms with E-state index in [0.29, 0.717) is 12.0 Å². The number of hydrogen-bond acceptors (Lipinski definition) is 2. The van der Waals surface area contributed by atoms with Gasteiger partial charge in [0, 0.05) is 6.04 Å². The van der Waals surface area contributed by atoms with Crippen molar-refractivity contribution in [2.75, 3.05) is 0 Å². The van der Waals surface area contributed by atoms with Gasteiger partial charge in [0.25, 0.3) is 0 Å². The van der Waals surface area contributed by atoms with E-state index in [1.165, 1.54) is 0 Å². The summed E-state index contributed by atoms with van der Waals surface area (Å²) >= 11 is 0. The van der Waals surface area contributed by atoms with Gasteiger partial charge in [0.1, 0.15) is 0 Å². The number of rotatable bonds is 6. The first-order valence-electron chi connectivity index (χ1n) is 5.25. The normalized spacial score (nSPS) is 16.8. The maximum Gasteiger partial charge on any atom is 0.0221 e. The molecule has 0 heterocycles. The van der Waals surface area contributed by atoms with Gasteiger partial charge < -0.3 is 10.4 Å². The molecule has 0 saturated heterocycles. The van der Waals surface area contributed by atoms with E-state index in [1.54, 1.807) is 6.08 Å². The van der Waals surface area contributed by atoms with Gasteiger partial charge in [-0.15, -0.1) is 0 Å². The van der Waals surface area contributed by atoms with Crippen molar-refractivity contribution in [2.45, 2.75) is 53.0 Å². The Bertz CT molecular complexity index is 154. The highest BCUT2D eigenvalue weighted by atomic mass is 16.3. The van der Waals surface area contributed by atoms with E-state index in [1.807, 2.05) is 6.92 Å². The molecular weight excluding hydrogens is 162 g/mol. The molecule has 0 rings (SSSR count). The Balaban J connectivity index is 3.83. The first-order valence-corrected chi connectivity index (χ1v) is 5.25. The average molecular weight is 184 g/mol. The maximum atomic E-state index is 11.3. The summed E-state index contributed by atoms with van der Waals surface area (Å²) in [5.41, 5.74) is 0. The fourth-order valence-corrected chi connectivity index (χ4v) is 1.17. The molecule has 2 unspecified atom stereocenters. The smallest absolute Gasteiger partial charge is 0.0221 e. The fourth-order valence-electron chi connectivity index (χ4n) is 1.17. The quantitative estimate of drug-likeness (QED) is 0.641. The van der Waals surface area contributed by atoms with Crippen LogP contribution in [0.1, 0.15) is 47.0 Å². The Morgan fingerprint density at radius 3 is 2.46 bits per heavy atom. The Kier molecular flexibility index (Phi) is 6.47. The van der Waals surface area contributed by atoms with Gasteiger partial charge in [-0.1, -0.05) is 39.7 Å². The summed E-state index contributed by atoms with van der Waals surface area (Å²) in [6.07, 6.45) is 4.96. The van der Waals surface area contributed by atoms with Gasteiger partial charge in [0.15, 0.2) is 0 Å². The first kappa shape index (κ1) is 12.3. The zero-order chi connectivity index (χ0) is 10.3. The van der Waals surface area contributed by atoms with E-state index < -0.39 is 0 Å². The molecule has 0 aliphatic heterocycles. The summed E-state index contributed by atoms with van der Waals surface area (Å²) in [6.45, 7) is 8.32. The molecule has 0 aliphatic carbocycles. The van der Waals surface area contributed by atoms with E-state index in [2.05, 4.69) is 26.1 Å². The van der Waals surface area contributed by atoms with E-state index in [9.17, 15) is 5.11 Å². The summed E-state index contributed by atoms with van der Waals surface area (Å²) in [4.78, 5) is 0. The average Bonchev–Trinajstić information content (AvgIpc) is 2.04. The van der Waals surface area contributed by atoms with Crippen molar-refractivity contribution in [1.82, 2.24) is 5.32 Å². The fraction of sp³-hybridized carbons (Fsp3) is 0.818. The van der Waals surface area contributed by atoms with Gasteiger partial charge in [-0.25, -0.2) is 0 Å². The van der Waals surface area contributed by atoms with Crippen molar-refractivity contribution in [3.63, 3.8) is 0 Å². The molecule has 2 nitrogen and oxygen atoms in total. The van der Waals surface area contributed by atoms with Crippen molar-refractivity contribution in [1.29, 1.82) is 0 Å². The number of nitrogens with one attached hydrogen (secondary N) is 1. The summed E-state index contributed by atoms with van der Waals surface area (Å²) in [5, 5.41) is 14.3. The lowest BCUT2D eigenvalue weighted by molar-refractivity contribution is -0.313.